The Bertz CT molecular complexity index is 558. The summed E-state index contributed by atoms with van der Waals surface area (Å²) in [5.41, 5.74) is 0.951. The molecule has 1 aliphatic carbocycles. The van der Waals surface area contributed by atoms with Crippen molar-refractivity contribution >= 4 is 28.3 Å². The van der Waals surface area contributed by atoms with Crippen molar-refractivity contribution in [3.05, 3.63) is 10.6 Å². The third-order valence-electron chi connectivity index (χ3n) is 4.80. The zero-order chi connectivity index (χ0) is 15.7. The summed E-state index contributed by atoms with van der Waals surface area (Å²) in [4.78, 5) is 32.0. The molecule has 2 heterocycles. The molecule has 2 aliphatic rings. The van der Waals surface area contributed by atoms with Gasteiger partial charge in [-0.25, -0.2) is 4.98 Å². The molecule has 0 spiro atoms. The highest BCUT2D eigenvalue weighted by atomic mass is 32.1. The highest BCUT2D eigenvalue weighted by Crippen LogP contribution is 2.29. The van der Waals surface area contributed by atoms with Gasteiger partial charge in [-0.15, -0.1) is 11.3 Å². The summed E-state index contributed by atoms with van der Waals surface area (Å²) in [5, 5.41) is 3.52. The standard InChI is InChI=1S/C16H23N3O2S/c1-10-11(2)22-16(17-10)18-15(21)12-8-14(20)19(9-12)13-6-4-3-5-7-13/h12-13H,3-9H2,1-2H3,(H,17,18,21). The van der Waals surface area contributed by atoms with Crippen molar-refractivity contribution in [2.24, 2.45) is 5.92 Å². The fourth-order valence-corrected chi connectivity index (χ4v) is 4.20. The summed E-state index contributed by atoms with van der Waals surface area (Å²) < 4.78 is 0. The summed E-state index contributed by atoms with van der Waals surface area (Å²) in [6, 6.07) is 0.350. The molecule has 1 aromatic rings. The molecule has 2 fully saturated rings. The van der Waals surface area contributed by atoms with Gasteiger partial charge < -0.3 is 10.2 Å². The van der Waals surface area contributed by atoms with Gasteiger partial charge >= 0.3 is 0 Å². The van der Waals surface area contributed by atoms with Crippen LogP contribution in [0.25, 0.3) is 0 Å². The second-order valence-corrected chi connectivity index (χ2v) is 7.59. The van der Waals surface area contributed by atoms with Gasteiger partial charge in [-0.3, -0.25) is 9.59 Å². The van der Waals surface area contributed by atoms with Gasteiger partial charge in [-0.1, -0.05) is 19.3 Å². The minimum absolute atomic E-state index is 0.0691. The van der Waals surface area contributed by atoms with E-state index in [9.17, 15) is 9.59 Å². The van der Waals surface area contributed by atoms with Crippen LogP contribution in [0.1, 0.15) is 49.1 Å². The SMILES string of the molecule is Cc1nc(NC(=O)C2CC(=O)N(C3CCCCC3)C2)sc1C. The maximum atomic E-state index is 12.4. The number of likely N-dealkylation sites (tertiary alicyclic amines) is 1. The van der Waals surface area contributed by atoms with Crippen LogP contribution in [0.2, 0.25) is 0 Å². The van der Waals surface area contributed by atoms with Gasteiger partial charge in [0.25, 0.3) is 0 Å². The molecule has 1 atom stereocenters. The van der Waals surface area contributed by atoms with Crippen molar-refractivity contribution < 1.29 is 9.59 Å². The zero-order valence-electron chi connectivity index (χ0n) is 13.2. The maximum Gasteiger partial charge on any atom is 0.231 e. The monoisotopic (exact) mass is 321 g/mol. The highest BCUT2D eigenvalue weighted by molar-refractivity contribution is 7.15. The molecule has 1 unspecified atom stereocenters. The lowest BCUT2D eigenvalue weighted by Crippen LogP contribution is -2.38. The normalized spacial score (nSPS) is 23.1. The number of hydrogen-bond acceptors (Lipinski definition) is 4. The number of thiazole rings is 1. The fourth-order valence-electron chi connectivity index (χ4n) is 3.39. The molecule has 1 saturated carbocycles. The third kappa shape index (κ3) is 3.16. The number of nitrogens with one attached hydrogen (secondary N) is 1. The summed E-state index contributed by atoms with van der Waals surface area (Å²) in [7, 11) is 0. The third-order valence-corrected chi connectivity index (χ3v) is 5.79. The van der Waals surface area contributed by atoms with E-state index in [2.05, 4.69) is 10.3 Å². The summed E-state index contributed by atoms with van der Waals surface area (Å²) in [6.45, 7) is 4.50. The van der Waals surface area contributed by atoms with Gasteiger partial charge in [0.1, 0.15) is 0 Å². The number of aryl methyl sites for hydroxylation is 2. The van der Waals surface area contributed by atoms with Gasteiger partial charge in [0.15, 0.2) is 5.13 Å². The Morgan fingerprint density at radius 3 is 2.64 bits per heavy atom. The molecule has 1 N–H and O–H groups in total. The van der Waals surface area contributed by atoms with Crippen molar-refractivity contribution in [2.75, 3.05) is 11.9 Å². The molecule has 1 aliphatic heterocycles. The van der Waals surface area contributed by atoms with Crippen LogP contribution in [-0.2, 0) is 9.59 Å². The molecule has 0 aromatic carbocycles. The molecule has 1 aromatic heterocycles. The van der Waals surface area contributed by atoms with Gasteiger partial charge in [-0.05, 0) is 26.7 Å². The average Bonchev–Trinajstić information content (AvgIpc) is 3.03. The van der Waals surface area contributed by atoms with Gasteiger partial charge in [0.2, 0.25) is 11.8 Å². The quantitative estimate of drug-likeness (QED) is 0.931. The van der Waals surface area contributed by atoms with E-state index in [1.165, 1.54) is 30.6 Å². The molecule has 5 nitrogen and oxygen atoms in total. The van der Waals surface area contributed by atoms with Gasteiger partial charge in [-0.2, -0.15) is 0 Å². The topological polar surface area (TPSA) is 62.3 Å². The zero-order valence-corrected chi connectivity index (χ0v) is 14.0. The first-order chi connectivity index (χ1) is 10.5. The molecule has 3 rings (SSSR count). The van der Waals surface area contributed by atoms with Crippen molar-refractivity contribution in [1.82, 2.24) is 9.88 Å². The lowest BCUT2D eigenvalue weighted by Gasteiger charge is -2.31. The Labute approximate surface area is 135 Å². The number of carbonyl (C=O) groups excluding carboxylic acids is 2. The second kappa shape index (κ2) is 6.36. The van der Waals surface area contributed by atoms with Crippen LogP contribution < -0.4 is 5.32 Å². The van der Waals surface area contributed by atoms with E-state index in [0.29, 0.717) is 24.1 Å². The van der Waals surface area contributed by atoms with Crippen LogP contribution in [-0.4, -0.2) is 34.3 Å². The average molecular weight is 321 g/mol. The molecule has 120 valence electrons. The second-order valence-electron chi connectivity index (χ2n) is 6.39. The van der Waals surface area contributed by atoms with Crippen LogP contribution in [0.3, 0.4) is 0 Å². The minimum atomic E-state index is -0.237. The first-order valence-electron chi connectivity index (χ1n) is 8.09. The Balaban J connectivity index is 1.60. The number of carbonyl (C=O) groups is 2. The van der Waals surface area contributed by atoms with Gasteiger partial charge in [0.05, 0.1) is 11.6 Å². The number of anilines is 1. The van der Waals surface area contributed by atoms with Crippen LogP contribution in [0.5, 0.6) is 0 Å². The summed E-state index contributed by atoms with van der Waals surface area (Å²) in [5.74, 6) is -0.169. The lowest BCUT2D eigenvalue weighted by molar-refractivity contribution is -0.130. The smallest absolute Gasteiger partial charge is 0.231 e. The number of nitrogens with zero attached hydrogens (tertiary/aromatic N) is 2. The molecule has 1 saturated heterocycles. The van der Waals surface area contributed by atoms with Gasteiger partial charge in [0, 0.05) is 23.9 Å². The van der Waals surface area contributed by atoms with Crippen molar-refractivity contribution in [1.29, 1.82) is 0 Å². The first kappa shape index (κ1) is 15.5. The number of hydrogen-bond donors (Lipinski definition) is 1. The van der Waals surface area contributed by atoms with Crippen LogP contribution in [0.15, 0.2) is 0 Å². The van der Waals surface area contributed by atoms with Crippen molar-refractivity contribution in [3.63, 3.8) is 0 Å². The van der Waals surface area contributed by atoms with E-state index in [1.54, 1.807) is 0 Å². The molecule has 6 heteroatoms. The van der Waals surface area contributed by atoms with E-state index in [1.807, 2.05) is 18.7 Å². The first-order valence-corrected chi connectivity index (χ1v) is 8.90. The Morgan fingerprint density at radius 1 is 1.27 bits per heavy atom. The predicted octanol–water partition coefficient (Wildman–Crippen LogP) is 2.88. The number of amides is 2. The molecule has 0 bridgehead atoms. The maximum absolute atomic E-state index is 12.4. The van der Waals surface area contributed by atoms with Crippen molar-refractivity contribution in [3.8, 4) is 0 Å². The van der Waals surface area contributed by atoms with Crippen LogP contribution in [0.4, 0.5) is 5.13 Å². The van der Waals surface area contributed by atoms with Crippen LogP contribution in [0, 0.1) is 19.8 Å². The minimum Gasteiger partial charge on any atom is -0.339 e. The lowest BCUT2D eigenvalue weighted by atomic mass is 9.94. The highest BCUT2D eigenvalue weighted by Gasteiger charge is 2.38. The van der Waals surface area contributed by atoms with Crippen LogP contribution >= 0.6 is 11.3 Å². The molecule has 0 radical (unpaired) electrons. The number of aromatic nitrogens is 1. The molecular formula is C16H23N3O2S. The molecule has 22 heavy (non-hydrogen) atoms. The van der Waals surface area contributed by atoms with E-state index in [-0.39, 0.29) is 17.7 Å². The van der Waals surface area contributed by atoms with E-state index in [4.69, 9.17) is 0 Å². The number of rotatable bonds is 3. The largest absolute Gasteiger partial charge is 0.339 e. The van der Waals surface area contributed by atoms with E-state index < -0.39 is 0 Å². The fraction of sp³-hybridized carbons (Fsp3) is 0.688. The molecule has 2 amide bonds. The Morgan fingerprint density at radius 2 is 2.00 bits per heavy atom. The molecular weight excluding hydrogens is 298 g/mol. The Kier molecular flexibility index (Phi) is 4.47. The predicted molar refractivity (Wildman–Crippen MR) is 86.9 cm³/mol. The summed E-state index contributed by atoms with van der Waals surface area (Å²) >= 11 is 1.49. The Hall–Kier alpha value is -1.43. The summed E-state index contributed by atoms with van der Waals surface area (Å²) in [6.07, 6.45) is 6.18. The van der Waals surface area contributed by atoms with Crippen molar-refractivity contribution in [2.45, 2.75) is 58.4 Å². The van der Waals surface area contributed by atoms with E-state index in [0.717, 1.165) is 23.4 Å². The van der Waals surface area contributed by atoms with E-state index >= 15 is 0 Å².